The summed E-state index contributed by atoms with van der Waals surface area (Å²) in [7, 11) is 0. The van der Waals surface area contributed by atoms with Gasteiger partial charge in [-0.15, -0.1) is 0 Å². The quantitative estimate of drug-likeness (QED) is 0.655. The number of nitrogens with one attached hydrogen (secondary N) is 1. The second-order valence-electron chi connectivity index (χ2n) is 6.18. The smallest absolute Gasteiger partial charge is 0.222 e. The minimum absolute atomic E-state index is 0.238. The molecule has 134 valence electrons. The van der Waals surface area contributed by atoms with E-state index in [-0.39, 0.29) is 5.91 Å². The van der Waals surface area contributed by atoms with Gasteiger partial charge in [-0.25, -0.2) is 4.98 Å². The van der Waals surface area contributed by atoms with Crippen LogP contribution in [0.25, 0.3) is 10.2 Å². The van der Waals surface area contributed by atoms with E-state index in [1.165, 1.54) is 0 Å². The van der Waals surface area contributed by atoms with Gasteiger partial charge in [-0.05, 0) is 25.5 Å². The molecule has 0 unspecified atom stereocenters. The van der Waals surface area contributed by atoms with Crippen LogP contribution in [0.5, 0.6) is 0 Å². The largest absolute Gasteiger partial charge is 0.366 e. The van der Waals surface area contributed by atoms with E-state index in [1.54, 1.807) is 11.3 Å². The van der Waals surface area contributed by atoms with E-state index in [1.807, 2.05) is 18.7 Å². The molecule has 6 nitrogen and oxygen atoms in total. The number of anilines is 2. The molecule has 0 spiro atoms. The molecule has 1 aliphatic heterocycles. The molecule has 2 heterocycles. The summed E-state index contributed by atoms with van der Waals surface area (Å²) in [4.78, 5) is 20.9. The van der Waals surface area contributed by atoms with E-state index < -0.39 is 0 Å². The first-order chi connectivity index (χ1) is 12.1. The summed E-state index contributed by atoms with van der Waals surface area (Å²) in [5.74, 6) is 0.238. The lowest BCUT2D eigenvalue weighted by atomic mass is 10.2. The van der Waals surface area contributed by atoms with Gasteiger partial charge in [0, 0.05) is 38.3 Å². The number of aromatic nitrogens is 1. The van der Waals surface area contributed by atoms with Crippen molar-refractivity contribution in [3.8, 4) is 0 Å². The molecule has 1 saturated heterocycles. The third kappa shape index (κ3) is 3.92. The zero-order chi connectivity index (χ0) is 17.8. The summed E-state index contributed by atoms with van der Waals surface area (Å²) < 4.78 is 1.15. The SMILES string of the molecule is CCC(=O)N1CCN(c2cccc3sc(N/N=C(\C)CC)nc23)CC1. The summed E-state index contributed by atoms with van der Waals surface area (Å²) >= 11 is 1.62. The number of fused-ring (bicyclic) bond motifs is 1. The molecule has 1 amide bonds. The Labute approximate surface area is 152 Å². The summed E-state index contributed by atoms with van der Waals surface area (Å²) in [6.07, 6.45) is 1.50. The number of amides is 1. The van der Waals surface area contributed by atoms with Crippen LogP contribution in [0.2, 0.25) is 0 Å². The lowest BCUT2D eigenvalue weighted by Crippen LogP contribution is -2.48. The Kier molecular flexibility index (Phi) is 5.53. The predicted octanol–water partition coefficient (Wildman–Crippen LogP) is 3.55. The number of hydrogen-bond acceptors (Lipinski definition) is 6. The standard InChI is InChI=1S/C18H25N5OS/c1-4-13(3)20-21-18-19-17-14(7-6-8-15(17)25-18)22-9-11-23(12-10-22)16(24)5-2/h6-8H,4-5,9-12H2,1-3H3,(H,19,21)/b20-13+. The number of thiazole rings is 1. The Morgan fingerprint density at radius 3 is 2.68 bits per heavy atom. The van der Waals surface area contributed by atoms with Crippen molar-refractivity contribution in [3.05, 3.63) is 18.2 Å². The Morgan fingerprint density at radius 2 is 2.00 bits per heavy atom. The van der Waals surface area contributed by atoms with Gasteiger partial charge in [0.25, 0.3) is 0 Å². The van der Waals surface area contributed by atoms with Gasteiger partial charge in [0.2, 0.25) is 11.0 Å². The van der Waals surface area contributed by atoms with E-state index in [4.69, 9.17) is 4.98 Å². The van der Waals surface area contributed by atoms with Crippen molar-refractivity contribution in [2.45, 2.75) is 33.6 Å². The molecule has 1 aromatic carbocycles. The molecule has 1 fully saturated rings. The highest BCUT2D eigenvalue weighted by atomic mass is 32.1. The number of para-hydroxylation sites is 1. The Hall–Kier alpha value is -2.15. The molecule has 1 N–H and O–H groups in total. The van der Waals surface area contributed by atoms with Crippen LogP contribution in [-0.4, -0.2) is 47.7 Å². The fourth-order valence-corrected chi connectivity index (χ4v) is 3.71. The zero-order valence-corrected chi connectivity index (χ0v) is 15.9. The van der Waals surface area contributed by atoms with Crippen molar-refractivity contribution in [1.82, 2.24) is 9.88 Å². The van der Waals surface area contributed by atoms with Crippen LogP contribution in [0.4, 0.5) is 10.8 Å². The monoisotopic (exact) mass is 359 g/mol. The Bertz CT molecular complexity index is 777. The summed E-state index contributed by atoms with van der Waals surface area (Å²) in [5.41, 5.74) is 6.27. The average molecular weight is 359 g/mol. The molecule has 2 aromatic rings. The molecule has 0 saturated carbocycles. The Balaban J connectivity index is 1.78. The maximum atomic E-state index is 11.9. The van der Waals surface area contributed by atoms with Crippen LogP contribution in [-0.2, 0) is 4.79 Å². The highest BCUT2D eigenvalue weighted by molar-refractivity contribution is 7.22. The van der Waals surface area contributed by atoms with Crippen LogP contribution in [0, 0.1) is 0 Å². The van der Waals surface area contributed by atoms with Gasteiger partial charge in [0.05, 0.1) is 10.4 Å². The second kappa shape index (κ2) is 7.82. The molecule has 3 rings (SSSR count). The molecular formula is C18H25N5OS. The minimum atomic E-state index is 0.238. The topological polar surface area (TPSA) is 60.8 Å². The molecule has 25 heavy (non-hydrogen) atoms. The van der Waals surface area contributed by atoms with Crippen molar-refractivity contribution >= 4 is 44.0 Å². The summed E-state index contributed by atoms with van der Waals surface area (Å²) in [6.45, 7) is 9.25. The normalized spacial score (nSPS) is 15.7. The number of piperazine rings is 1. The summed E-state index contributed by atoms with van der Waals surface area (Å²) in [6, 6.07) is 6.28. The van der Waals surface area contributed by atoms with E-state index >= 15 is 0 Å². The number of carbonyl (C=O) groups is 1. The number of hydrogen-bond donors (Lipinski definition) is 1. The molecule has 1 aromatic heterocycles. The number of benzene rings is 1. The first-order valence-corrected chi connectivity index (χ1v) is 9.65. The number of hydrazone groups is 1. The van der Waals surface area contributed by atoms with E-state index in [0.717, 1.165) is 59.3 Å². The van der Waals surface area contributed by atoms with Crippen LogP contribution >= 0.6 is 11.3 Å². The fourth-order valence-electron chi connectivity index (χ4n) is 2.88. The molecule has 7 heteroatoms. The maximum Gasteiger partial charge on any atom is 0.222 e. The molecule has 0 aliphatic carbocycles. The van der Waals surface area contributed by atoms with Gasteiger partial charge in [-0.2, -0.15) is 5.10 Å². The minimum Gasteiger partial charge on any atom is -0.366 e. The molecule has 0 bridgehead atoms. The van der Waals surface area contributed by atoms with Crippen molar-refractivity contribution in [2.24, 2.45) is 5.10 Å². The van der Waals surface area contributed by atoms with Gasteiger partial charge in [-0.1, -0.05) is 31.3 Å². The molecule has 0 radical (unpaired) electrons. The highest BCUT2D eigenvalue weighted by Gasteiger charge is 2.22. The molecule has 0 atom stereocenters. The van der Waals surface area contributed by atoms with Gasteiger partial charge in [0.15, 0.2) is 0 Å². The van der Waals surface area contributed by atoms with Gasteiger partial charge in [0.1, 0.15) is 5.52 Å². The van der Waals surface area contributed by atoms with Crippen molar-refractivity contribution in [2.75, 3.05) is 36.5 Å². The first-order valence-electron chi connectivity index (χ1n) is 8.83. The third-order valence-electron chi connectivity index (χ3n) is 4.53. The number of carbonyl (C=O) groups excluding carboxylic acids is 1. The highest BCUT2D eigenvalue weighted by Crippen LogP contribution is 2.33. The van der Waals surface area contributed by atoms with Gasteiger partial charge >= 0.3 is 0 Å². The van der Waals surface area contributed by atoms with E-state index in [2.05, 4.69) is 40.5 Å². The van der Waals surface area contributed by atoms with Gasteiger partial charge < -0.3 is 9.80 Å². The second-order valence-corrected chi connectivity index (χ2v) is 7.21. The van der Waals surface area contributed by atoms with Crippen LogP contribution in [0.15, 0.2) is 23.3 Å². The van der Waals surface area contributed by atoms with Gasteiger partial charge in [-0.3, -0.25) is 10.2 Å². The zero-order valence-electron chi connectivity index (χ0n) is 15.1. The van der Waals surface area contributed by atoms with Crippen molar-refractivity contribution in [3.63, 3.8) is 0 Å². The molecule has 1 aliphatic rings. The number of nitrogens with zero attached hydrogens (tertiary/aromatic N) is 4. The fraction of sp³-hybridized carbons (Fsp3) is 0.500. The van der Waals surface area contributed by atoms with Crippen molar-refractivity contribution in [1.29, 1.82) is 0 Å². The lowest BCUT2D eigenvalue weighted by molar-refractivity contribution is -0.131. The molecular weight excluding hydrogens is 334 g/mol. The van der Waals surface area contributed by atoms with E-state index in [0.29, 0.717) is 6.42 Å². The average Bonchev–Trinajstić information content (AvgIpc) is 3.08. The maximum absolute atomic E-state index is 11.9. The summed E-state index contributed by atoms with van der Waals surface area (Å²) in [5, 5.41) is 5.16. The Morgan fingerprint density at radius 1 is 1.24 bits per heavy atom. The van der Waals surface area contributed by atoms with Crippen LogP contribution in [0.3, 0.4) is 0 Å². The first kappa shape index (κ1) is 17.7. The van der Waals surface area contributed by atoms with Crippen molar-refractivity contribution < 1.29 is 4.79 Å². The number of rotatable bonds is 5. The predicted molar refractivity (Wildman–Crippen MR) is 106 cm³/mol. The van der Waals surface area contributed by atoms with Crippen LogP contribution < -0.4 is 10.3 Å². The van der Waals surface area contributed by atoms with E-state index in [9.17, 15) is 4.79 Å². The van der Waals surface area contributed by atoms with Crippen LogP contribution in [0.1, 0.15) is 33.6 Å². The third-order valence-corrected chi connectivity index (χ3v) is 5.45. The lowest BCUT2D eigenvalue weighted by Gasteiger charge is -2.36.